The zero-order valence-electron chi connectivity index (χ0n) is 78.3. The minimum Gasteiger partial charge on any atom is -0.508 e. The van der Waals surface area contributed by atoms with Gasteiger partial charge in [0.1, 0.15) is 81.2 Å². The number of benzene rings is 10. The summed E-state index contributed by atoms with van der Waals surface area (Å²) < 4.78 is 102. The van der Waals surface area contributed by atoms with Gasteiger partial charge >= 0.3 is 11.9 Å². The molecule has 0 spiro atoms. The van der Waals surface area contributed by atoms with Crippen LogP contribution in [0.15, 0.2) is 231 Å². The highest BCUT2D eigenvalue weighted by Gasteiger charge is 2.27. The number of carbonyl (C=O) groups excluding carboxylic acids is 2. The Bertz CT molecular complexity index is 6100. The molecule has 0 aliphatic carbocycles. The van der Waals surface area contributed by atoms with E-state index in [1.165, 1.54) is 41.5 Å². The number of nitrogens with zero attached hydrogens (tertiary/aromatic N) is 8. The molecular formula is C109H117F6N9O9. The van der Waals surface area contributed by atoms with Crippen LogP contribution in [0, 0.1) is 134 Å². The second kappa shape index (κ2) is 48.0. The van der Waals surface area contributed by atoms with Gasteiger partial charge in [0.2, 0.25) is 0 Å². The molecule has 0 atom stereocenters. The number of rotatable bonds is 29. The molecule has 0 aliphatic heterocycles. The van der Waals surface area contributed by atoms with Crippen molar-refractivity contribution < 1.29 is 70.3 Å². The third-order valence-corrected chi connectivity index (χ3v) is 23.1. The van der Waals surface area contributed by atoms with Gasteiger partial charge in [0.15, 0.2) is 0 Å². The number of aromatic carboxylic acids is 1. The van der Waals surface area contributed by atoms with Crippen LogP contribution in [-0.4, -0.2) is 96.9 Å². The Balaban J connectivity index is 0.000000185. The number of unbranched alkanes of at least 4 members (excludes halogenated alkanes) is 2. The maximum atomic E-state index is 14.1. The number of amides is 1. The first-order valence-electron chi connectivity index (χ1n) is 43.8. The number of ketones is 1. The molecule has 0 unspecified atom stereocenters. The van der Waals surface area contributed by atoms with Crippen molar-refractivity contribution in [2.75, 3.05) is 19.8 Å². The molecule has 0 aliphatic rings. The average Bonchev–Trinajstić information content (AvgIpc) is 1.69. The fourth-order valence-corrected chi connectivity index (χ4v) is 13.8. The maximum absolute atomic E-state index is 14.1. The van der Waals surface area contributed by atoms with Crippen molar-refractivity contribution in [2.24, 2.45) is 10.8 Å². The summed E-state index contributed by atoms with van der Waals surface area (Å²) in [6.07, 6.45) is 17.0. The van der Waals surface area contributed by atoms with Gasteiger partial charge in [-0.2, -0.15) is 0 Å². The number of hydrogen-bond acceptors (Lipinski definition) is 11. The molecule has 0 fully saturated rings. The minimum absolute atomic E-state index is 0.0203. The first-order chi connectivity index (χ1) is 63.2. The number of aromatic hydroxyl groups is 1. The number of halogens is 6. The molecule has 4 heterocycles. The molecule has 0 saturated carbocycles. The second-order valence-electron chi connectivity index (χ2n) is 34.2. The summed E-state index contributed by atoms with van der Waals surface area (Å²) in [5, 5.41) is 30.1. The van der Waals surface area contributed by atoms with E-state index in [0.717, 1.165) is 130 Å². The number of imidazole rings is 4. The lowest BCUT2D eigenvalue weighted by atomic mass is 9.84. The van der Waals surface area contributed by atoms with Gasteiger partial charge in [-0.1, -0.05) is 159 Å². The van der Waals surface area contributed by atoms with Gasteiger partial charge < -0.3 is 48.4 Å². The van der Waals surface area contributed by atoms with E-state index in [1.807, 2.05) is 156 Å². The van der Waals surface area contributed by atoms with Crippen molar-refractivity contribution >= 4 is 23.6 Å². The molecular weight excluding hydrogens is 1690 g/mol. The number of hydrogen-bond donors (Lipinski definition) is 4. The SMILES string of the molecule is C#CCNC(=O)c1ccc(C)c(F)c1.CC(=O)C(C)(C)CCCCOc1ccccc1Cn1c(C)cnc1-c1ccc(C)c(F)c1.Cc1ccc(-c2ncc(C)n2Cc2ccccc2C)cc1F.Cc1ccc(-c2ncc(C)n2Cc2ccccc2O)cc1F.Cc1ccc(-c2ncc(C)n2Cc2ccccc2OCCCCC(C)(C)C(=O)O)cc1F.Cc1ccc(C(=O)O)cc1F. The summed E-state index contributed by atoms with van der Waals surface area (Å²) in [5.41, 5.74) is 15.1. The van der Waals surface area contributed by atoms with Crippen LogP contribution in [0.5, 0.6) is 17.2 Å². The number of nitrogens with one attached hydrogen (secondary N) is 1. The van der Waals surface area contributed by atoms with E-state index in [4.69, 9.17) is 21.0 Å². The number of aliphatic carboxylic acids is 1. The van der Waals surface area contributed by atoms with Crippen LogP contribution in [0.3, 0.4) is 0 Å². The molecule has 694 valence electrons. The molecule has 0 bridgehead atoms. The number of terminal acetylenes is 1. The van der Waals surface area contributed by atoms with Gasteiger partial charge in [0.05, 0.1) is 50.4 Å². The van der Waals surface area contributed by atoms with Crippen LogP contribution in [0.2, 0.25) is 0 Å². The number of para-hydroxylation sites is 3. The number of aromatic nitrogens is 8. The Hall–Kier alpha value is -14.3. The Morgan fingerprint density at radius 1 is 0.383 bits per heavy atom. The molecule has 14 rings (SSSR count). The standard InChI is InChI=1S/C27H33FN2O2.C26H31FN2O3.C19H19FN2.C18H17FN2O.C11H10FNO.C8H7FO2/c1-19-12-13-22(16-24(19)28)26-29-17-20(2)30(26)18-23-10-6-7-11-25(23)32-15-9-8-14-27(4,5)21(3)31;1-18-11-12-20(15-22(18)27)24-28-16-19(2)29(24)17-21-9-5-6-10-23(21)32-14-8-7-13-26(3,4)25(30)31;1-13-6-4-5-7-17(13)12-22-15(3)11-21-19(22)16-9-8-14(2)18(20)10-16;1-12-7-8-14(9-16(12)19)18-20-10-13(2)21(18)11-15-5-3-4-6-17(15)22;1-3-6-13-11(14)9-5-4-8(2)10(12)7-9;1-5-2-3-6(8(10)11)4-7(5)9/h6-7,10-13,16-17H,8-9,14-15,18H2,1-5H3;5-6,9-12,15-16H,7-8,13-14,17H2,1-4H3,(H,30,31);4-11H,12H2,1-3H3;3-10,22H,11H2,1-2H3;1,4-5,7H,6H2,2H3,(H,13,14);2-4H,1H3,(H,10,11). The van der Waals surface area contributed by atoms with E-state index < -0.39 is 29.0 Å². The number of carboxylic acids is 2. The highest BCUT2D eigenvalue weighted by molar-refractivity contribution is 5.94. The fraction of sp³-hybridized carbons (Fsp3) is 0.284. The molecule has 4 N–H and O–H groups in total. The van der Waals surface area contributed by atoms with Crippen LogP contribution in [0.1, 0.15) is 178 Å². The Kier molecular flexibility index (Phi) is 37.0. The normalized spacial score (nSPS) is 10.9. The largest absolute Gasteiger partial charge is 0.508 e. The van der Waals surface area contributed by atoms with Crippen molar-refractivity contribution in [1.29, 1.82) is 0 Å². The van der Waals surface area contributed by atoms with Crippen LogP contribution < -0.4 is 14.8 Å². The second-order valence-corrected chi connectivity index (χ2v) is 34.2. The molecule has 14 aromatic rings. The summed E-state index contributed by atoms with van der Waals surface area (Å²) >= 11 is 0. The zero-order chi connectivity index (χ0) is 97.0. The van der Waals surface area contributed by atoms with Gasteiger partial charge in [0, 0.05) is 104 Å². The topological polar surface area (TPSA) is 231 Å². The third-order valence-electron chi connectivity index (χ3n) is 23.1. The highest BCUT2D eigenvalue weighted by Crippen LogP contribution is 2.33. The van der Waals surface area contributed by atoms with E-state index in [9.17, 15) is 55.7 Å². The lowest BCUT2D eigenvalue weighted by Crippen LogP contribution is -2.23. The third kappa shape index (κ3) is 28.8. The number of phenols is 1. The summed E-state index contributed by atoms with van der Waals surface area (Å²) in [6, 6.07) is 60.3. The number of Topliss-reactive ketones (excluding diaryl/α,β-unsaturated/α-hetero) is 1. The highest BCUT2D eigenvalue weighted by atomic mass is 19.1. The fourth-order valence-electron chi connectivity index (χ4n) is 13.8. The van der Waals surface area contributed by atoms with E-state index in [-0.39, 0.29) is 63.8 Å². The van der Waals surface area contributed by atoms with Crippen LogP contribution >= 0.6 is 0 Å². The van der Waals surface area contributed by atoms with Gasteiger partial charge in [-0.15, -0.1) is 6.42 Å². The Morgan fingerprint density at radius 2 is 0.692 bits per heavy atom. The van der Waals surface area contributed by atoms with Crippen molar-refractivity contribution in [1.82, 2.24) is 43.5 Å². The lowest BCUT2D eigenvalue weighted by molar-refractivity contribution is -0.147. The first-order valence-corrected chi connectivity index (χ1v) is 43.8. The van der Waals surface area contributed by atoms with E-state index in [0.29, 0.717) is 84.3 Å². The lowest BCUT2D eigenvalue weighted by Gasteiger charge is -2.20. The summed E-state index contributed by atoms with van der Waals surface area (Å²) in [6.45, 7) is 33.1. The summed E-state index contributed by atoms with van der Waals surface area (Å²) in [5.74, 6) is 3.30. The van der Waals surface area contributed by atoms with Crippen LogP contribution in [-0.2, 0) is 35.8 Å². The van der Waals surface area contributed by atoms with E-state index in [2.05, 4.69) is 63.9 Å². The number of phenolic OH excluding ortho intramolecular Hbond substituents is 1. The quantitative estimate of drug-likeness (QED) is 0.0194. The summed E-state index contributed by atoms with van der Waals surface area (Å²) in [4.78, 5) is 62.4. The number of aryl methyl sites for hydroxylation is 11. The maximum Gasteiger partial charge on any atom is 0.335 e. The molecule has 0 saturated heterocycles. The van der Waals surface area contributed by atoms with Gasteiger partial charge in [-0.05, 0) is 247 Å². The smallest absolute Gasteiger partial charge is 0.335 e. The average molecular weight is 1810 g/mol. The molecule has 4 aromatic heterocycles. The van der Waals surface area contributed by atoms with Crippen molar-refractivity contribution in [3.05, 3.63) is 361 Å². The van der Waals surface area contributed by atoms with Crippen LogP contribution in [0.4, 0.5) is 26.3 Å². The molecule has 1 amide bonds. The van der Waals surface area contributed by atoms with Crippen molar-refractivity contribution in [2.45, 2.75) is 175 Å². The van der Waals surface area contributed by atoms with Gasteiger partial charge in [0.25, 0.3) is 5.91 Å². The molecule has 10 aromatic carbocycles. The number of carboxylic acid groups (broad SMARTS) is 2. The monoisotopic (exact) mass is 1810 g/mol. The van der Waals surface area contributed by atoms with Gasteiger partial charge in [-0.25, -0.2) is 51.1 Å². The Morgan fingerprint density at radius 3 is 1.03 bits per heavy atom. The Labute approximate surface area is 775 Å². The first kappa shape index (κ1) is 102. The molecule has 0 radical (unpaired) electrons. The molecule has 18 nitrogen and oxygen atoms in total. The molecule has 133 heavy (non-hydrogen) atoms. The molecule has 24 heteroatoms. The van der Waals surface area contributed by atoms with E-state index >= 15 is 0 Å². The number of ether oxygens (including phenoxy) is 2. The number of carbonyl (C=O) groups is 4. The predicted octanol–water partition coefficient (Wildman–Crippen LogP) is 24.6. The van der Waals surface area contributed by atoms with Crippen LogP contribution in [0.25, 0.3) is 45.6 Å². The van der Waals surface area contributed by atoms with E-state index in [1.54, 1.807) is 135 Å². The van der Waals surface area contributed by atoms with Crippen molar-refractivity contribution in [3.63, 3.8) is 0 Å². The van der Waals surface area contributed by atoms with Gasteiger partial charge in [-0.3, -0.25) is 14.4 Å². The zero-order valence-corrected chi connectivity index (χ0v) is 78.3. The summed E-state index contributed by atoms with van der Waals surface area (Å²) in [7, 11) is 0. The minimum atomic E-state index is -1.11. The van der Waals surface area contributed by atoms with Crippen molar-refractivity contribution in [3.8, 4) is 75.1 Å². The predicted molar refractivity (Wildman–Crippen MR) is 512 cm³/mol.